The van der Waals surface area contributed by atoms with Crippen molar-refractivity contribution in [2.45, 2.75) is 31.9 Å². The summed E-state index contributed by atoms with van der Waals surface area (Å²) < 4.78 is 1.75. The standard InChI is InChI=1S/C14H19N5O/c1-2-8-14(20)10-18(11-14)9-13-15-16-17-19(13)12-6-4-3-5-7-12/h3-7,20H,2,8-11H2,1H3. The van der Waals surface area contributed by atoms with Crippen LogP contribution in [0.5, 0.6) is 0 Å². The summed E-state index contributed by atoms with van der Waals surface area (Å²) in [6.45, 7) is 4.15. The summed E-state index contributed by atoms with van der Waals surface area (Å²) in [5, 5.41) is 22.1. The lowest BCUT2D eigenvalue weighted by Gasteiger charge is -2.46. The van der Waals surface area contributed by atoms with Crippen LogP contribution in [-0.2, 0) is 6.54 Å². The van der Waals surface area contributed by atoms with Crippen LogP contribution < -0.4 is 0 Å². The minimum atomic E-state index is -0.514. The van der Waals surface area contributed by atoms with E-state index in [0.717, 1.165) is 24.4 Å². The minimum absolute atomic E-state index is 0.514. The monoisotopic (exact) mass is 273 g/mol. The molecule has 1 aromatic carbocycles. The highest BCUT2D eigenvalue weighted by atomic mass is 16.3. The van der Waals surface area contributed by atoms with E-state index in [9.17, 15) is 5.11 Å². The largest absolute Gasteiger partial charge is 0.387 e. The number of para-hydroxylation sites is 1. The molecule has 0 unspecified atom stereocenters. The summed E-state index contributed by atoms with van der Waals surface area (Å²) in [5.41, 5.74) is 0.441. The molecule has 3 rings (SSSR count). The molecule has 2 heterocycles. The number of nitrogens with zero attached hydrogens (tertiary/aromatic N) is 5. The van der Waals surface area contributed by atoms with Gasteiger partial charge in [-0.05, 0) is 29.0 Å². The van der Waals surface area contributed by atoms with Gasteiger partial charge in [-0.2, -0.15) is 4.68 Å². The second kappa shape index (κ2) is 5.30. The van der Waals surface area contributed by atoms with Gasteiger partial charge in [-0.1, -0.05) is 31.5 Å². The number of β-amino-alcohol motifs (C(OH)–C–C–N with tert-alkyl or cyclic N) is 1. The SMILES string of the molecule is CCCC1(O)CN(Cc2nnnn2-c2ccccc2)C1. The number of aliphatic hydroxyl groups is 1. The molecule has 6 nitrogen and oxygen atoms in total. The fourth-order valence-electron chi connectivity index (χ4n) is 2.80. The van der Waals surface area contributed by atoms with E-state index in [4.69, 9.17) is 0 Å². The number of likely N-dealkylation sites (tertiary alicyclic amines) is 1. The van der Waals surface area contributed by atoms with Crippen LogP contribution in [0.15, 0.2) is 30.3 Å². The molecular weight excluding hydrogens is 254 g/mol. The van der Waals surface area contributed by atoms with Crippen LogP contribution >= 0.6 is 0 Å². The van der Waals surface area contributed by atoms with Gasteiger partial charge in [0.05, 0.1) is 17.8 Å². The van der Waals surface area contributed by atoms with Crippen molar-refractivity contribution < 1.29 is 5.11 Å². The Morgan fingerprint density at radius 1 is 1.25 bits per heavy atom. The Balaban J connectivity index is 1.67. The van der Waals surface area contributed by atoms with Gasteiger partial charge in [0, 0.05) is 13.1 Å². The lowest BCUT2D eigenvalue weighted by molar-refractivity contribution is -0.107. The van der Waals surface area contributed by atoms with Gasteiger partial charge in [0.1, 0.15) is 0 Å². The van der Waals surface area contributed by atoms with Crippen molar-refractivity contribution in [1.82, 2.24) is 25.1 Å². The van der Waals surface area contributed by atoms with Crippen LogP contribution in [0.1, 0.15) is 25.6 Å². The molecule has 1 fully saturated rings. The molecular formula is C14H19N5O. The Morgan fingerprint density at radius 3 is 2.70 bits per heavy atom. The third-order valence-corrected chi connectivity index (χ3v) is 3.65. The summed E-state index contributed by atoms with van der Waals surface area (Å²) in [5.74, 6) is 0.801. The number of aromatic nitrogens is 4. The fourth-order valence-corrected chi connectivity index (χ4v) is 2.80. The molecule has 0 atom stereocenters. The normalized spacial score (nSPS) is 17.9. The van der Waals surface area contributed by atoms with Crippen molar-refractivity contribution >= 4 is 0 Å². The van der Waals surface area contributed by atoms with Crippen molar-refractivity contribution in [3.8, 4) is 5.69 Å². The fraction of sp³-hybridized carbons (Fsp3) is 0.500. The summed E-state index contributed by atoms with van der Waals surface area (Å²) in [6.07, 6.45) is 1.86. The highest BCUT2D eigenvalue weighted by molar-refractivity contribution is 5.30. The Kier molecular flexibility index (Phi) is 3.50. The first kappa shape index (κ1) is 13.2. The molecule has 2 aromatic rings. The number of hydrogen-bond donors (Lipinski definition) is 1. The third-order valence-electron chi connectivity index (χ3n) is 3.65. The Morgan fingerprint density at radius 2 is 2.00 bits per heavy atom. The van der Waals surface area contributed by atoms with Crippen LogP contribution in [0, 0.1) is 0 Å². The van der Waals surface area contributed by atoms with E-state index in [0.29, 0.717) is 19.6 Å². The van der Waals surface area contributed by atoms with E-state index < -0.39 is 5.60 Å². The maximum atomic E-state index is 10.2. The second-order valence-electron chi connectivity index (χ2n) is 5.46. The average Bonchev–Trinajstić information content (AvgIpc) is 2.86. The maximum Gasteiger partial charge on any atom is 0.170 e. The number of hydrogen-bond acceptors (Lipinski definition) is 5. The van der Waals surface area contributed by atoms with Crippen molar-refractivity contribution in [3.05, 3.63) is 36.2 Å². The van der Waals surface area contributed by atoms with Crippen molar-refractivity contribution in [1.29, 1.82) is 0 Å². The summed E-state index contributed by atoms with van der Waals surface area (Å²) in [7, 11) is 0. The van der Waals surface area contributed by atoms with Gasteiger partial charge in [-0.25, -0.2) is 0 Å². The van der Waals surface area contributed by atoms with E-state index in [2.05, 4.69) is 27.3 Å². The molecule has 0 aliphatic carbocycles. The van der Waals surface area contributed by atoms with Gasteiger partial charge in [0.25, 0.3) is 0 Å². The van der Waals surface area contributed by atoms with Crippen molar-refractivity contribution in [2.75, 3.05) is 13.1 Å². The Bertz CT molecular complexity index is 562. The molecule has 6 heteroatoms. The molecule has 20 heavy (non-hydrogen) atoms. The molecule has 0 spiro atoms. The molecule has 1 N–H and O–H groups in total. The maximum absolute atomic E-state index is 10.2. The zero-order valence-corrected chi connectivity index (χ0v) is 11.6. The van der Waals surface area contributed by atoms with Crippen LogP contribution in [-0.4, -0.2) is 48.9 Å². The van der Waals surface area contributed by atoms with Gasteiger partial charge in [-0.15, -0.1) is 5.10 Å². The average molecular weight is 273 g/mol. The van der Waals surface area contributed by atoms with Crippen LogP contribution in [0.25, 0.3) is 5.69 Å². The van der Waals surface area contributed by atoms with Gasteiger partial charge in [-0.3, -0.25) is 4.90 Å². The number of benzene rings is 1. The van der Waals surface area contributed by atoms with Crippen molar-refractivity contribution in [3.63, 3.8) is 0 Å². The van der Waals surface area contributed by atoms with E-state index in [1.807, 2.05) is 30.3 Å². The van der Waals surface area contributed by atoms with Gasteiger partial charge in [0.15, 0.2) is 5.82 Å². The first-order valence-electron chi connectivity index (χ1n) is 6.98. The Hall–Kier alpha value is -1.79. The first-order valence-corrected chi connectivity index (χ1v) is 6.98. The lowest BCUT2D eigenvalue weighted by atomic mass is 9.89. The third kappa shape index (κ3) is 2.57. The predicted octanol–water partition coefficient (Wildman–Crippen LogP) is 1.01. The van der Waals surface area contributed by atoms with Gasteiger partial charge >= 0.3 is 0 Å². The number of rotatable bonds is 5. The van der Waals surface area contributed by atoms with Gasteiger partial charge < -0.3 is 5.11 Å². The van der Waals surface area contributed by atoms with E-state index in [1.165, 1.54) is 0 Å². The summed E-state index contributed by atoms with van der Waals surface area (Å²) in [6, 6.07) is 9.84. The molecule has 1 aliphatic rings. The predicted molar refractivity (Wildman–Crippen MR) is 74.3 cm³/mol. The second-order valence-corrected chi connectivity index (χ2v) is 5.46. The van der Waals surface area contributed by atoms with Crippen molar-refractivity contribution in [2.24, 2.45) is 0 Å². The zero-order valence-electron chi connectivity index (χ0n) is 11.6. The zero-order chi connectivity index (χ0) is 14.0. The lowest BCUT2D eigenvalue weighted by Crippen LogP contribution is -2.61. The molecule has 0 radical (unpaired) electrons. The molecule has 0 saturated carbocycles. The smallest absolute Gasteiger partial charge is 0.170 e. The molecule has 1 aliphatic heterocycles. The quantitative estimate of drug-likeness (QED) is 0.880. The Labute approximate surface area is 118 Å². The van der Waals surface area contributed by atoms with Crippen LogP contribution in [0.3, 0.4) is 0 Å². The molecule has 1 saturated heterocycles. The van der Waals surface area contributed by atoms with Crippen LogP contribution in [0.4, 0.5) is 0 Å². The van der Waals surface area contributed by atoms with E-state index in [-0.39, 0.29) is 0 Å². The minimum Gasteiger partial charge on any atom is -0.387 e. The van der Waals surface area contributed by atoms with Crippen LogP contribution in [0.2, 0.25) is 0 Å². The first-order chi connectivity index (χ1) is 9.70. The molecule has 1 aromatic heterocycles. The number of tetrazole rings is 1. The molecule has 106 valence electrons. The summed E-state index contributed by atoms with van der Waals surface area (Å²) in [4.78, 5) is 2.17. The topological polar surface area (TPSA) is 67.1 Å². The van der Waals surface area contributed by atoms with E-state index in [1.54, 1.807) is 4.68 Å². The molecule has 0 bridgehead atoms. The van der Waals surface area contributed by atoms with E-state index >= 15 is 0 Å². The summed E-state index contributed by atoms with van der Waals surface area (Å²) >= 11 is 0. The highest BCUT2D eigenvalue weighted by Crippen LogP contribution is 2.26. The molecule has 0 amide bonds. The van der Waals surface area contributed by atoms with Gasteiger partial charge in [0.2, 0.25) is 0 Å². The highest BCUT2D eigenvalue weighted by Gasteiger charge is 2.40.